The van der Waals surface area contributed by atoms with Crippen LogP contribution < -0.4 is 0 Å². The van der Waals surface area contributed by atoms with Crippen molar-refractivity contribution in [2.45, 2.75) is 29.4 Å². The number of halogens is 2. The number of imide groups is 1. The van der Waals surface area contributed by atoms with Crippen molar-refractivity contribution >= 4 is 35.2 Å². The third-order valence-corrected chi connectivity index (χ3v) is 5.59. The van der Waals surface area contributed by atoms with Gasteiger partial charge in [-0.05, 0) is 61.4 Å². The van der Waals surface area contributed by atoms with Crippen LogP contribution in [0.5, 0.6) is 0 Å². The Kier molecular flexibility index (Phi) is 5.76. The first-order chi connectivity index (χ1) is 12.0. The van der Waals surface area contributed by atoms with E-state index in [2.05, 4.69) is 0 Å². The molecule has 0 aromatic heterocycles. The highest BCUT2D eigenvalue weighted by Crippen LogP contribution is 2.31. The van der Waals surface area contributed by atoms with Crippen LogP contribution in [0.25, 0.3) is 0 Å². The molecule has 1 aliphatic rings. The zero-order chi connectivity index (χ0) is 17.8. The van der Waals surface area contributed by atoms with Gasteiger partial charge in [0, 0.05) is 22.0 Å². The van der Waals surface area contributed by atoms with Gasteiger partial charge in [-0.3, -0.25) is 14.5 Å². The first-order valence-electron chi connectivity index (χ1n) is 8.08. The van der Waals surface area contributed by atoms with E-state index in [1.165, 1.54) is 40.9 Å². The number of rotatable bonds is 3. The number of thioether (sulfide) groups is 1. The number of carbonyl (C=O) groups is 2. The third kappa shape index (κ3) is 4.41. The minimum absolute atomic E-state index is 0.188. The molecule has 0 aliphatic carbocycles. The molecule has 0 saturated carbocycles. The molecule has 25 heavy (non-hydrogen) atoms. The lowest BCUT2D eigenvalue weighted by molar-refractivity contribution is -0.127. The molecule has 0 spiro atoms. The minimum atomic E-state index is -0.407. The summed E-state index contributed by atoms with van der Waals surface area (Å²) in [5, 5.41) is 0.331. The molecule has 2 aromatic rings. The van der Waals surface area contributed by atoms with Crippen molar-refractivity contribution in [2.24, 2.45) is 0 Å². The van der Waals surface area contributed by atoms with Gasteiger partial charge in [0.15, 0.2) is 0 Å². The van der Waals surface area contributed by atoms with Gasteiger partial charge < -0.3 is 0 Å². The normalized spacial score (nSPS) is 18.1. The summed E-state index contributed by atoms with van der Waals surface area (Å²) >= 11 is 7.35. The summed E-state index contributed by atoms with van der Waals surface area (Å²) in [5.74, 6) is -0.963. The molecule has 1 aliphatic heterocycles. The summed E-state index contributed by atoms with van der Waals surface area (Å²) in [6, 6.07) is 12.6. The fourth-order valence-electron chi connectivity index (χ4n) is 2.74. The predicted molar refractivity (Wildman–Crippen MR) is 97.4 cm³/mol. The molecule has 3 rings (SSSR count). The summed E-state index contributed by atoms with van der Waals surface area (Å²) in [7, 11) is 0. The van der Waals surface area contributed by atoms with Gasteiger partial charge >= 0.3 is 0 Å². The monoisotopic (exact) mass is 377 g/mol. The first-order valence-corrected chi connectivity index (χ1v) is 9.34. The number of nitrogens with zero attached hydrogens (tertiary/aromatic N) is 1. The molecule has 0 bridgehead atoms. The first kappa shape index (κ1) is 18.0. The van der Waals surface area contributed by atoms with Gasteiger partial charge in [0.05, 0.1) is 5.25 Å². The Bertz CT molecular complexity index is 764. The Morgan fingerprint density at radius 1 is 1.08 bits per heavy atom. The molecule has 0 N–H and O–H groups in total. The molecule has 2 aromatic carbocycles. The van der Waals surface area contributed by atoms with Crippen LogP contribution in [0.2, 0.25) is 5.02 Å². The van der Waals surface area contributed by atoms with Crippen molar-refractivity contribution in [1.29, 1.82) is 0 Å². The van der Waals surface area contributed by atoms with E-state index in [0.717, 1.165) is 24.2 Å². The Balaban J connectivity index is 1.77. The summed E-state index contributed by atoms with van der Waals surface area (Å²) in [6.07, 6.45) is 2.37. The second-order valence-corrected chi connectivity index (χ2v) is 7.57. The quantitative estimate of drug-likeness (QED) is 0.721. The van der Waals surface area contributed by atoms with Gasteiger partial charge in [-0.25, -0.2) is 4.39 Å². The minimum Gasteiger partial charge on any atom is -0.278 e. The predicted octanol–water partition coefficient (Wildman–Crippen LogP) is 4.79. The molecule has 1 unspecified atom stereocenters. The summed E-state index contributed by atoms with van der Waals surface area (Å²) in [4.78, 5) is 27.8. The lowest BCUT2D eigenvalue weighted by atomic mass is 10.2. The van der Waals surface area contributed by atoms with Crippen LogP contribution in [0.4, 0.5) is 4.39 Å². The van der Waals surface area contributed by atoms with Crippen LogP contribution in [0.15, 0.2) is 53.4 Å². The van der Waals surface area contributed by atoms with E-state index >= 15 is 0 Å². The topological polar surface area (TPSA) is 37.4 Å². The summed E-state index contributed by atoms with van der Waals surface area (Å²) in [6.45, 7) is 0.396. The van der Waals surface area contributed by atoms with Gasteiger partial charge in [-0.1, -0.05) is 18.0 Å². The number of carbonyl (C=O) groups excluding carboxylic acids is 2. The van der Waals surface area contributed by atoms with Crippen LogP contribution in [0.3, 0.4) is 0 Å². The van der Waals surface area contributed by atoms with Gasteiger partial charge in [0.2, 0.25) is 5.91 Å². The van der Waals surface area contributed by atoms with Crippen LogP contribution in [0.1, 0.15) is 29.6 Å². The number of benzene rings is 2. The fourth-order valence-corrected chi connectivity index (χ4v) is 4.00. The number of hydrogen-bond donors (Lipinski definition) is 0. The van der Waals surface area contributed by atoms with Crippen molar-refractivity contribution in [2.75, 3.05) is 6.54 Å². The van der Waals surface area contributed by atoms with Gasteiger partial charge in [0.1, 0.15) is 5.82 Å². The average Bonchev–Trinajstić information content (AvgIpc) is 2.79. The van der Waals surface area contributed by atoms with Crippen LogP contribution >= 0.6 is 23.4 Å². The van der Waals surface area contributed by atoms with Gasteiger partial charge in [0.25, 0.3) is 5.91 Å². The zero-order valence-corrected chi connectivity index (χ0v) is 15.0. The molecular formula is C19H17ClFNO2S. The van der Waals surface area contributed by atoms with E-state index in [1.807, 2.05) is 12.1 Å². The van der Waals surface area contributed by atoms with Crippen LogP contribution in [-0.2, 0) is 4.79 Å². The van der Waals surface area contributed by atoms with E-state index in [9.17, 15) is 14.0 Å². The standard InChI is InChI=1S/C19H17ClFNO2S/c20-14-6-10-16(11-7-14)25-17-3-1-2-12-22(19(17)24)18(23)13-4-8-15(21)9-5-13/h4-11,17H,1-3,12H2. The highest BCUT2D eigenvalue weighted by Gasteiger charge is 2.32. The molecule has 0 radical (unpaired) electrons. The molecule has 3 nitrogen and oxygen atoms in total. The molecule has 6 heteroatoms. The van der Waals surface area contributed by atoms with Crippen molar-refractivity contribution in [3.8, 4) is 0 Å². The molecule has 1 atom stereocenters. The highest BCUT2D eigenvalue weighted by atomic mass is 35.5. The molecule has 1 saturated heterocycles. The number of likely N-dealkylation sites (tertiary alicyclic amines) is 1. The van der Waals surface area contributed by atoms with E-state index in [-0.39, 0.29) is 17.1 Å². The molecule has 1 fully saturated rings. The van der Waals surface area contributed by atoms with E-state index in [1.54, 1.807) is 12.1 Å². The van der Waals surface area contributed by atoms with E-state index in [4.69, 9.17) is 11.6 Å². The number of hydrogen-bond acceptors (Lipinski definition) is 3. The SMILES string of the molecule is O=C(c1ccc(F)cc1)N1CCCCC(Sc2ccc(Cl)cc2)C1=O. The highest BCUT2D eigenvalue weighted by molar-refractivity contribution is 8.00. The second kappa shape index (κ2) is 8.02. The van der Waals surface area contributed by atoms with Crippen molar-refractivity contribution in [3.63, 3.8) is 0 Å². The smallest absolute Gasteiger partial charge is 0.260 e. The largest absolute Gasteiger partial charge is 0.278 e. The molecular weight excluding hydrogens is 361 g/mol. The van der Waals surface area contributed by atoms with Gasteiger partial charge in [-0.15, -0.1) is 11.8 Å². The molecule has 1 heterocycles. The maximum atomic E-state index is 13.1. The van der Waals surface area contributed by atoms with E-state index < -0.39 is 5.82 Å². The van der Waals surface area contributed by atoms with Crippen LogP contribution in [0, 0.1) is 5.82 Å². The maximum absolute atomic E-state index is 13.1. The zero-order valence-electron chi connectivity index (χ0n) is 13.5. The summed E-state index contributed by atoms with van der Waals surface area (Å²) < 4.78 is 13.1. The Morgan fingerprint density at radius 2 is 1.76 bits per heavy atom. The Hall–Kier alpha value is -1.85. The fraction of sp³-hybridized carbons (Fsp3) is 0.263. The molecule has 2 amide bonds. The second-order valence-electron chi connectivity index (χ2n) is 5.86. The average molecular weight is 378 g/mol. The van der Waals surface area contributed by atoms with Crippen molar-refractivity contribution in [1.82, 2.24) is 4.90 Å². The maximum Gasteiger partial charge on any atom is 0.260 e. The van der Waals surface area contributed by atoms with Crippen LogP contribution in [-0.4, -0.2) is 28.5 Å². The lowest BCUT2D eigenvalue weighted by Crippen LogP contribution is -2.41. The van der Waals surface area contributed by atoms with Crippen molar-refractivity contribution in [3.05, 3.63) is 64.9 Å². The van der Waals surface area contributed by atoms with E-state index in [0.29, 0.717) is 17.1 Å². The van der Waals surface area contributed by atoms with Gasteiger partial charge in [-0.2, -0.15) is 0 Å². The Labute approximate surface area is 155 Å². The lowest BCUT2D eigenvalue weighted by Gasteiger charge is -2.22. The number of amides is 2. The molecule has 130 valence electrons. The third-order valence-electron chi connectivity index (χ3n) is 4.07. The van der Waals surface area contributed by atoms with Crippen molar-refractivity contribution < 1.29 is 14.0 Å². The Morgan fingerprint density at radius 3 is 2.44 bits per heavy atom. The summed E-state index contributed by atoms with van der Waals surface area (Å²) in [5.41, 5.74) is 0.326.